The van der Waals surface area contributed by atoms with Gasteiger partial charge in [-0.25, -0.2) is 8.42 Å². The van der Waals surface area contributed by atoms with Gasteiger partial charge in [-0.15, -0.1) is 0 Å². The van der Waals surface area contributed by atoms with Gasteiger partial charge in [0.25, 0.3) is 0 Å². The summed E-state index contributed by atoms with van der Waals surface area (Å²) in [5, 5.41) is 7.74. The van der Waals surface area contributed by atoms with Gasteiger partial charge in [0.05, 0.1) is 17.2 Å². The first-order valence-corrected chi connectivity index (χ1v) is 8.25. The first kappa shape index (κ1) is 13.5. The van der Waals surface area contributed by atoms with Crippen molar-refractivity contribution < 1.29 is 8.42 Å². The fraction of sp³-hybridized carbons (Fsp3) is 0.750. The maximum atomic E-state index is 11.3. The Hall–Kier alpha value is -0.880. The van der Waals surface area contributed by atoms with E-state index in [1.807, 2.05) is 17.9 Å². The van der Waals surface area contributed by atoms with Gasteiger partial charge in [0.1, 0.15) is 0 Å². The molecular formula is C12H21N3O2S. The molecule has 1 aliphatic heterocycles. The fourth-order valence-electron chi connectivity index (χ4n) is 2.47. The second-order valence-electron chi connectivity index (χ2n) is 5.03. The number of hydrogen-bond acceptors (Lipinski definition) is 4. The van der Waals surface area contributed by atoms with E-state index in [1.165, 1.54) is 5.56 Å². The Bertz CT molecular complexity index is 507. The predicted molar refractivity (Wildman–Crippen MR) is 71.1 cm³/mol. The van der Waals surface area contributed by atoms with E-state index < -0.39 is 9.84 Å². The molecule has 1 aliphatic rings. The van der Waals surface area contributed by atoms with Crippen LogP contribution in [0.15, 0.2) is 6.20 Å². The topological polar surface area (TPSA) is 64.0 Å². The van der Waals surface area contributed by atoms with Crippen molar-refractivity contribution in [2.75, 3.05) is 18.1 Å². The summed E-state index contributed by atoms with van der Waals surface area (Å²) in [7, 11) is -0.833. The zero-order chi connectivity index (χ0) is 13.2. The minimum atomic E-state index is -2.76. The van der Waals surface area contributed by atoms with Crippen LogP contribution in [0.2, 0.25) is 0 Å². The smallest absolute Gasteiger partial charge is 0.150 e. The Labute approximate surface area is 108 Å². The third kappa shape index (κ3) is 3.32. The van der Waals surface area contributed by atoms with E-state index in [4.69, 9.17) is 0 Å². The Kier molecular flexibility index (Phi) is 4.07. The molecule has 6 heteroatoms. The van der Waals surface area contributed by atoms with Crippen molar-refractivity contribution >= 4 is 9.84 Å². The molecule has 1 N–H and O–H groups in total. The third-order valence-electron chi connectivity index (χ3n) is 3.40. The van der Waals surface area contributed by atoms with Crippen molar-refractivity contribution in [2.24, 2.45) is 13.0 Å². The van der Waals surface area contributed by atoms with Crippen molar-refractivity contribution in [3.05, 3.63) is 17.5 Å². The van der Waals surface area contributed by atoms with Crippen LogP contribution in [0.25, 0.3) is 0 Å². The number of rotatable bonds is 5. The average molecular weight is 271 g/mol. The Morgan fingerprint density at radius 3 is 2.94 bits per heavy atom. The van der Waals surface area contributed by atoms with Crippen LogP contribution in [0, 0.1) is 5.92 Å². The first-order valence-electron chi connectivity index (χ1n) is 6.42. The third-order valence-corrected chi connectivity index (χ3v) is 5.24. The predicted octanol–water partition coefficient (Wildman–Crippen LogP) is 0.507. The number of aryl methyl sites for hydroxylation is 2. The highest BCUT2D eigenvalue weighted by molar-refractivity contribution is 7.91. The molecule has 0 spiro atoms. The van der Waals surface area contributed by atoms with Crippen molar-refractivity contribution in [1.29, 1.82) is 0 Å². The lowest BCUT2D eigenvalue weighted by Crippen LogP contribution is -2.23. The van der Waals surface area contributed by atoms with Crippen molar-refractivity contribution in [1.82, 2.24) is 15.1 Å². The second-order valence-corrected chi connectivity index (χ2v) is 7.26. The van der Waals surface area contributed by atoms with Crippen LogP contribution >= 0.6 is 0 Å². The standard InChI is InChI=1S/C12H21N3O2S/c1-3-12-11(8-15(2)14-12)7-13-6-10-4-5-18(16,17)9-10/h8,10,13H,3-7,9H2,1-2H3. The van der Waals surface area contributed by atoms with Gasteiger partial charge in [-0.05, 0) is 25.3 Å². The van der Waals surface area contributed by atoms with Gasteiger partial charge < -0.3 is 5.32 Å². The molecule has 18 heavy (non-hydrogen) atoms. The summed E-state index contributed by atoms with van der Waals surface area (Å²) in [5.41, 5.74) is 2.32. The second kappa shape index (κ2) is 5.40. The summed E-state index contributed by atoms with van der Waals surface area (Å²) in [4.78, 5) is 0. The first-order chi connectivity index (χ1) is 8.50. The molecule has 0 bridgehead atoms. The van der Waals surface area contributed by atoms with E-state index in [-0.39, 0.29) is 5.92 Å². The molecule has 1 unspecified atom stereocenters. The van der Waals surface area contributed by atoms with Crippen LogP contribution in [0.5, 0.6) is 0 Å². The van der Waals surface area contributed by atoms with E-state index >= 15 is 0 Å². The number of nitrogens with one attached hydrogen (secondary N) is 1. The van der Waals surface area contributed by atoms with Gasteiger partial charge in [-0.2, -0.15) is 5.10 Å². The lowest BCUT2D eigenvalue weighted by molar-refractivity contribution is 0.520. The Morgan fingerprint density at radius 1 is 1.56 bits per heavy atom. The highest BCUT2D eigenvalue weighted by atomic mass is 32.2. The fourth-order valence-corrected chi connectivity index (χ4v) is 4.33. The summed E-state index contributed by atoms with van der Waals surface area (Å²) in [6.45, 7) is 3.64. The van der Waals surface area contributed by atoms with E-state index in [0.29, 0.717) is 11.5 Å². The maximum absolute atomic E-state index is 11.3. The molecule has 0 amide bonds. The highest BCUT2D eigenvalue weighted by Gasteiger charge is 2.27. The molecular weight excluding hydrogens is 250 g/mol. The summed E-state index contributed by atoms with van der Waals surface area (Å²) in [5.74, 6) is 0.969. The Morgan fingerprint density at radius 2 is 2.33 bits per heavy atom. The number of hydrogen-bond donors (Lipinski definition) is 1. The van der Waals surface area contributed by atoms with Gasteiger partial charge in [-0.1, -0.05) is 6.92 Å². The largest absolute Gasteiger partial charge is 0.312 e. The minimum absolute atomic E-state index is 0.275. The molecule has 0 radical (unpaired) electrons. The minimum Gasteiger partial charge on any atom is -0.312 e. The molecule has 1 aromatic rings. The van der Waals surface area contributed by atoms with E-state index in [2.05, 4.69) is 17.3 Å². The number of nitrogens with zero attached hydrogens (tertiary/aromatic N) is 2. The Balaban J connectivity index is 1.82. The van der Waals surface area contributed by atoms with E-state index in [9.17, 15) is 8.42 Å². The molecule has 1 aromatic heterocycles. The maximum Gasteiger partial charge on any atom is 0.150 e. The quantitative estimate of drug-likeness (QED) is 0.847. The van der Waals surface area contributed by atoms with Crippen LogP contribution in [0.4, 0.5) is 0 Å². The average Bonchev–Trinajstić information content (AvgIpc) is 2.82. The molecule has 2 rings (SSSR count). The molecule has 5 nitrogen and oxygen atoms in total. The normalized spacial score (nSPS) is 22.4. The van der Waals surface area contributed by atoms with E-state index in [0.717, 1.165) is 31.6 Å². The molecule has 102 valence electrons. The van der Waals surface area contributed by atoms with Gasteiger partial charge >= 0.3 is 0 Å². The number of sulfone groups is 1. The zero-order valence-corrected chi connectivity index (χ0v) is 11.8. The van der Waals surface area contributed by atoms with Crippen molar-refractivity contribution in [2.45, 2.75) is 26.3 Å². The van der Waals surface area contributed by atoms with Crippen molar-refractivity contribution in [3.8, 4) is 0 Å². The van der Waals surface area contributed by atoms with Crippen LogP contribution in [0.3, 0.4) is 0 Å². The lowest BCUT2D eigenvalue weighted by Gasteiger charge is -2.09. The molecule has 0 aromatic carbocycles. The molecule has 1 saturated heterocycles. The van der Waals surface area contributed by atoms with E-state index in [1.54, 1.807) is 0 Å². The molecule has 0 saturated carbocycles. The highest BCUT2D eigenvalue weighted by Crippen LogP contribution is 2.17. The SMILES string of the molecule is CCc1nn(C)cc1CNCC1CCS(=O)(=O)C1. The number of aromatic nitrogens is 2. The molecule has 1 atom stereocenters. The molecule has 1 fully saturated rings. The molecule has 2 heterocycles. The summed E-state index contributed by atoms with van der Waals surface area (Å²) < 4.78 is 24.5. The van der Waals surface area contributed by atoms with Gasteiger partial charge in [0.15, 0.2) is 9.84 Å². The molecule has 0 aliphatic carbocycles. The lowest BCUT2D eigenvalue weighted by atomic mass is 10.1. The van der Waals surface area contributed by atoms with Crippen LogP contribution < -0.4 is 5.32 Å². The summed E-state index contributed by atoms with van der Waals surface area (Å²) in [6, 6.07) is 0. The summed E-state index contributed by atoms with van der Waals surface area (Å²) >= 11 is 0. The monoisotopic (exact) mass is 271 g/mol. The van der Waals surface area contributed by atoms with Gasteiger partial charge in [0, 0.05) is 25.4 Å². The van der Waals surface area contributed by atoms with Crippen LogP contribution in [0.1, 0.15) is 24.6 Å². The zero-order valence-electron chi connectivity index (χ0n) is 11.0. The van der Waals surface area contributed by atoms with Gasteiger partial charge in [0.2, 0.25) is 0 Å². The van der Waals surface area contributed by atoms with Crippen LogP contribution in [-0.2, 0) is 29.9 Å². The van der Waals surface area contributed by atoms with Crippen molar-refractivity contribution in [3.63, 3.8) is 0 Å². The summed E-state index contributed by atoms with van der Waals surface area (Å²) in [6.07, 6.45) is 3.75. The van der Waals surface area contributed by atoms with Gasteiger partial charge in [-0.3, -0.25) is 4.68 Å². The van der Waals surface area contributed by atoms with Crippen LogP contribution in [-0.4, -0.2) is 36.2 Å².